The molecule has 1 atom stereocenters. The predicted octanol–water partition coefficient (Wildman–Crippen LogP) is 2.73. The highest BCUT2D eigenvalue weighted by atomic mass is 16.5. The van der Waals surface area contributed by atoms with Gasteiger partial charge < -0.3 is 9.63 Å². The zero-order valence-corrected chi connectivity index (χ0v) is 10.1. The highest BCUT2D eigenvalue weighted by Crippen LogP contribution is 2.43. The molecule has 0 spiro atoms. The van der Waals surface area contributed by atoms with Crippen LogP contribution in [0.2, 0.25) is 0 Å². The first-order chi connectivity index (χ1) is 7.72. The summed E-state index contributed by atoms with van der Waals surface area (Å²) in [6, 6.07) is 0. The van der Waals surface area contributed by atoms with Crippen LogP contribution < -0.4 is 0 Å². The van der Waals surface area contributed by atoms with Crippen LogP contribution in [0.25, 0.3) is 0 Å². The third kappa shape index (κ3) is 1.86. The van der Waals surface area contributed by atoms with Crippen LogP contribution in [0.1, 0.15) is 70.2 Å². The van der Waals surface area contributed by atoms with Gasteiger partial charge in [0.15, 0.2) is 5.82 Å². The lowest BCUT2D eigenvalue weighted by Crippen LogP contribution is -2.21. The molecule has 0 bridgehead atoms. The summed E-state index contributed by atoms with van der Waals surface area (Å²) < 4.78 is 5.34. The quantitative estimate of drug-likeness (QED) is 0.854. The maximum Gasteiger partial charge on any atom is 0.232 e. The average Bonchev–Trinajstić information content (AvgIpc) is 2.96. The molecule has 0 aromatic carbocycles. The van der Waals surface area contributed by atoms with E-state index in [1.807, 2.05) is 6.92 Å². The van der Waals surface area contributed by atoms with Crippen molar-refractivity contribution in [1.29, 1.82) is 0 Å². The number of hydrogen-bond acceptors (Lipinski definition) is 4. The number of aromatic nitrogens is 2. The Morgan fingerprint density at radius 3 is 2.62 bits per heavy atom. The van der Waals surface area contributed by atoms with E-state index in [1.54, 1.807) is 0 Å². The van der Waals surface area contributed by atoms with Crippen molar-refractivity contribution in [2.24, 2.45) is 0 Å². The molecule has 16 heavy (non-hydrogen) atoms. The van der Waals surface area contributed by atoms with Crippen molar-refractivity contribution in [2.75, 3.05) is 0 Å². The van der Waals surface area contributed by atoms with Gasteiger partial charge in [-0.15, -0.1) is 0 Å². The Labute approximate surface area is 96.1 Å². The smallest absolute Gasteiger partial charge is 0.232 e. The van der Waals surface area contributed by atoms with Crippen LogP contribution in [0.4, 0.5) is 0 Å². The molecule has 1 fully saturated rings. The Morgan fingerprint density at radius 1 is 1.38 bits per heavy atom. The van der Waals surface area contributed by atoms with Crippen molar-refractivity contribution in [2.45, 2.75) is 63.9 Å². The minimum Gasteiger partial charge on any atom is -0.385 e. The zero-order valence-electron chi connectivity index (χ0n) is 10.1. The fraction of sp³-hybridized carbons (Fsp3) is 0.833. The molecule has 0 radical (unpaired) electrons. The summed E-state index contributed by atoms with van der Waals surface area (Å²) in [6.07, 6.45) is 5.81. The summed E-state index contributed by atoms with van der Waals surface area (Å²) in [6.45, 7) is 4.08. The third-order valence-corrected chi connectivity index (χ3v) is 3.82. The standard InChI is InChI=1S/C12H20N2O2/c1-3-9(15)10-13-11(16-14-10)12(4-2)7-5-6-8-12/h9,15H,3-8H2,1-2H3. The highest BCUT2D eigenvalue weighted by Gasteiger charge is 2.39. The summed E-state index contributed by atoms with van der Waals surface area (Å²) in [5.41, 5.74) is 0.0821. The first-order valence-corrected chi connectivity index (χ1v) is 6.24. The third-order valence-electron chi connectivity index (χ3n) is 3.82. The number of hydrogen-bond donors (Lipinski definition) is 1. The normalized spacial score (nSPS) is 21.2. The molecule has 90 valence electrons. The molecule has 1 saturated carbocycles. The van der Waals surface area contributed by atoms with Gasteiger partial charge in [-0.2, -0.15) is 4.98 Å². The molecular formula is C12H20N2O2. The largest absolute Gasteiger partial charge is 0.385 e. The summed E-state index contributed by atoms with van der Waals surface area (Å²) in [7, 11) is 0. The molecule has 1 unspecified atom stereocenters. The van der Waals surface area contributed by atoms with Gasteiger partial charge in [-0.3, -0.25) is 0 Å². The van der Waals surface area contributed by atoms with Gasteiger partial charge in [0.05, 0.1) is 0 Å². The first kappa shape index (κ1) is 11.6. The van der Waals surface area contributed by atoms with E-state index < -0.39 is 6.10 Å². The first-order valence-electron chi connectivity index (χ1n) is 6.24. The van der Waals surface area contributed by atoms with Gasteiger partial charge in [-0.25, -0.2) is 0 Å². The summed E-state index contributed by atoms with van der Waals surface area (Å²) >= 11 is 0. The summed E-state index contributed by atoms with van der Waals surface area (Å²) in [5.74, 6) is 1.17. The molecule has 2 rings (SSSR count). The molecule has 0 aliphatic heterocycles. The van der Waals surface area contributed by atoms with Gasteiger partial charge in [0.1, 0.15) is 6.10 Å². The minimum absolute atomic E-state index is 0.0821. The van der Waals surface area contributed by atoms with Gasteiger partial charge in [0.25, 0.3) is 0 Å². The topological polar surface area (TPSA) is 59.2 Å². The van der Waals surface area contributed by atoms with E-state index in [0.717, 1.165) is 25.2 Å². The van der Waals surface area contributed by atoms with Crippen molar-refractivity contribution >= 4 is 0 Å². The molecule has 4 nitrogen and oxygen atoms in total. The molecule has 1 aromatic heterocycles. The van der Waals surface area contributed by atoms with Gasteiger partial charge in [-0.1, -0.05) is 31.8 Å². The average molecular weight is 224 g/mol. The summed E-state index contributed by atoms with van der Waals surface area (Å²) in [4.78, 5) is 4.38. The molecule has 1 aromatic rings. The lowest BCUT2D eigenvalue weighted by molar-refractivity contribution is 0.159. The van der Waals surface area contributed by atoms with Gasteiger partial charge in [0, 0.05) is 5.41 Å². The maximum atomic E-state index is 9.66. The Hall–Kier alpha value is -0.900. The number of aliphatic hydroxyl groups excluding tert-OH is 1. The molecule has 0 amide bonds. The minimum atomic E-state index is -0.590. The van der Waals surface area contributed by atoms with Gasteiger partial charge >= 0.3 is 0 Å². The second kappa shape index (κ2) is 4.53. The Balaban J connectivity index is 2.23. The monoisotopic (exact) mass is 224 g/mol. The number of nitrogens with zero attached hydrogens (tertiary/aromatic N) is 2. The van der Waals surface area contributed by atoms with Crippen molar-refractivity contribution in [1.82, 2.24) is 10.1 Å². The number of rotatable bonds is 4. The van der Waals surface area contributed by atoms with Crippen molar-refractivity contribution in [3.63, 3.8) is 0 Å². The Bertz CT molecular complexity index is 343. The number of aliphatic hydroxyl groups is 1. The van der Waals surface area contributed by atoms with Crippen LogP contribution in [0.15, 0.2) is 4.52 Å². The molecular weight excluding hydrogens is 204 g/mol. The van der Waals surface area contributed by atoms with E-state index in [0.29, 0.717) is 12.2 Å². The van der Waals surface area contributed by atoms with E-state index in [9.17, 15) is 5.11 Å². The van der Waals surface area contributed by atoms with Crippen LogP contribution >= 0.6 is 0 Å². The Morgan fingerprint density at radius 2 is 2.06 bits per heavy atom. The second-order valence-corrected chi connectivity index (χ2v) is 4.72. The maximum absolute atomic E-state index is 9.66. The van der Waals surface area contributed by atoms with Crippen molar-refractivity contribution < 1.29 is 9.63 Å². The van der Waals surface area contributed by atoms with E-state index in [-0.39, 0.29) is 5.41 Å². The predicted molar refractivity (Wildman–Crippen MR) is 60.0 cm³/mol. The molecule has 4 heteroatoms. The zero-order chi connectivity index (χ0) is 11.6. The van der Waals surface area contributed by atoms with Crippen LogP contribution in [-0.4, -0.2) is 15.2 Å². The van der Waals surface area contributed by atoms with Crippen LogP contribution in [0.5, 0.6) is 0 Å². The lowest BCUT2D eigenvalue weighted by Gasteiger charge is -2.21. The van der Waals surface area contributed by atoms with E-state index >= 15 is 0 Å². The van der Waals surface area contributed by atoms with E-state index in [1.165, 1.54) is 12.8 Å². The van der Waals surface area contributed by atoms with E-state index in [4.69, 9.17) is 4.52 Å². The summed E-state index contributed by atoms with van der Waals surface area (Å²) in [5, 5.41) is 13.5. The Kier molecular flexibility index (Phi) is 3.28. The molecule has 1 heterocycles. The van der Waals surface area contributed by atoms with Crippen LogP contribution in [0, 0.1) is 0 Å². The highest BCUT2D eigenvalue weighted by molar-refractivity contribution is 5.08. The molecule has 1 N–H and O–H groups in total. The van der Waals surface area contributed by atoms with Crippen molar-refractivity contribution in [3.05, 3.63) is 11.7 Å². The molecule has 1 aliphatic rings. The lowest BCUT2D eigenvalue weighted by atomic mass is 9.83. The van der Waals surface area contributed by atoms with Gasteiger partial charge in [0.2, 0.25) is 5.89 Å². The van der Waals surface area contributed by atoms with Crippen LogP contribution in [-0.2, 0) is 5.41 Å². The van der Waals surface area contributed by atoms with Crippen LogP contribution in [0.3, 0.4) is 0 Å². The molecule has 1 aliphatic carbocycles. The van der Waals surface area contributed by atoms with Crippen molar-refractivity contribution in [3.8, 4) is 0 Å². The van der Waals surface area contributed by atoms with Gasteiger partial charge in [-0.05, 0) is 25.7 Å². The fourth-order valence-electron chi connectivity index (χ4n) is 2.54. The molecule has 0 saturated heterocycles. The van der Waals surface area contributed by atoms with E-state index in [2.05, 4.69) is 17.1 Å². The SMILES string of the molecule is CCC(O)c1noc(C2(CC)CCCC2)n1. The fourth-order valence-corrected chi connectivity index (χ4v) is 2.54. The second-order valence-electron chi connectivity index (χ2n) is 4.72.